The van der Waals surface area contributed by atoms with E-state index in [-0.39, 0.29) is 0 Å². The van der Waals surface area contributed by atoms with E-state index in [2.05, 4.69) is 0 Å². The summed E-state index contributed by atoms with van der Waals surface area (Å²) in [5.74, 6) is -0.0905. The number of nitrogens with two attached hydrogens (primary N) is 2. The van der Waals surface area contributed by atoms with Crippen LogP contribution in [0.15, 0.2) is 12.1 Å². The van der Waals surface area contributed by atoms with Crippen molar-refractivity contribution in [2.24, 2.45) is 11.5 Å². The summed E-state index contributed by atoms with van der Waals surface area (Å²) in [6.07, 6.45) is 0.137. The molecule has 1 amide bonds. The molecule has 0 aromatic heterocycles. The normalized spacial score (nSPS) is 18.9. The Balaban J connectivity index is 2.57. The van der Waals surface area contributed by atoms with E-state index in [0.717, 1.165) is 5.56 Å². The zero-order chi connectivity index (χ0) is 10.3. The molecule has 4 N–H and O–H groups in total. The van der Waals surface area contributed by atoms with Gasteiger partial charge in [0.05, 0.1) is 5.56 Å². The van der Waals surface area contributed by atoms with Crippen molar-refractivity contribution in [2.45, 2.75) is 12.6 Å². The number of fused-ring (bicyclic) bond motifs is 1. The average Bonchev–Trinajstić information content (AvgIpc) is 2.42. The quantitative estimate of drug-likeness (QED) is 0.718. The van der Waals surface area contributed by atoms with Gasteiger partial charge in [-0.3, -0.25) is 10.5 Å². The van der Waals surface area contributed by atoms with E-state index in [4.69, 9.17) is 27.8 Å². The van der Waals surface area contributed by atoms with Crippen LogP contribution in [-0.2, 0) is 6.42 Å². The lowest BCUT2D eigenvalue weighted by molar-refractivity contribution is 0.0995. The van der Waals surface area contributed by atoms with Crippen LogP contribution in [0.1, 0.15) is 15.9 Å². The van der Waals surface area contributed by atoms with E-state index in [1.807, 2.05) is 0 Å². The lowest BCUT2D eigenvalue weighted by Crippen LogP contribution is -2.24. The molecule has 0 aliphatic carbocycles. The largest absolute Gasteiger partial charge is 0.474 e. The molecule has 74 valence electrons. The summed E-state index contributed by atoms with van der Waals surface area (Å²) in [5.41, 5.74) is 11.9. The molecule has 0 saturated carbocycles. The van der Waals surface area contributed by atoms with Crippen molar-refractivity contribution in [1.82, 2.24) is 0 Å². The zero-order valence-electron chi connectivity index (χ0n) is 7.29. The molecule has 4 nitrogen and oxygen atoms in total. The van der Waals surface area contributed by atoms with E-state index < -0.39 is 12.1 Å². The first-order valence-electron chi connectivity index (χ1n) is 4.12. The first-order valence-corrected chi connectivity index (χ1v) is 4.50. The highest BCUT2D eigenvalue weighted by Crippen LogP contribution is 2.33. The minimum absolute atomic E-state index is 0.292. The molecular formula is C9H9ClN2O2. The summed E-state index contributed by atoms with van der Waals surface area (Å²) < 4.78 is 5.27. The fourth-order valence-electron chi connectivity index (χ4n) is 1.53. The number of amides is 1. The van der Waals surface area contributed by atoms with Crippen LogP contribution < -0.4 is 16.2 Å². The Labute approximate surface area is 85.8 Å². The van der Waals surface area contributed by atoms with Gasteiger partial charge in [0.1, 0.15) is 5.75 Å². The first kappa shape index (κ1) is 9.30. The van der Waals surface area contributed by atoms with Gasteiger partial charge in [-0.05, 0) is 12.1 Å². The van der Waals surface area contributed by atoms with Crippen LogP contribution in [0.3, 0.4) is 0 Å². The average molecular weight is 213 g/mol. The Morgan fingerprint density at radius 1 is 1.57 bits per heavy atom. The lowest BCUT2D eigenvalue weighted by Gasteiger charge is -2.06. The second kappa shape index (κ2) is 3.15. The topological polar surface area (TPSA) is 78.3 Å². The van der Waals surface area contributed by atoms with E-state index in [0.29, 0.717) is 22.8 Å². The summed E-state index contributed by atoms with van der Waals surface area (Å²) in [6.45, 7) is 0. The van der Waals surface area contributed by atoms with Crippen LogP contribution >= 0.6 is 11.6 Å². The van der Waals surface area contributed by atoms with Crippen molar-refractivity contribution in [3.63, 3.8) is 0 Å². The number of hydrogen-bond donors (Lipinski definition) is 2. The maximum Gasteiger partial charge on any atom is 0.252 e. The van der Waals surface area contributed by atoms with Crippen molar-refractivity contribution < 1.29 is 9.53 Å². The Morgan fingerprint density at radius 2 is 2.29 bits per heavy atom. The summed E-state index contributed by atoms with van der Waals surface area (Å²) >= 11 is 5.82. The molecule has 1 heterocycles. The molecule has 1 aliphatic heterocycles. The maximum atomic E-state index is 11.1. The molecule has 0 spiro atoms. The van der Waals surface area contributed by atoms with Gasteiger partial charge in [0.15, 0.2) is 6.23 Å². The Kier molecular flexibility index (Phi) is 2.09. The van der Waals surface area contributed by atoms with Gasteiger partial charge in [0.2, 0.25) is 0 Å². The number of rotatable bonds is 1. The third-order valence-electron chi connectivity index (χ3n) is 2.09. The van der Waals surface area contributed by atoms with Crippen LogP contribution in [-0.4, -0.2) is 12.1 Å². The molecule has 0 saturated heterocycles. The Morgan fingerprint density at radius 3 is 2.93 bits per heavy atom. The highest BCUT2D eigenvalue weighted by molar-refractivity contribution is 6.31. The van der Waals surface area contributed by atoms with Crippen molar-refractivity contribution in [3.8, 4) is 5.75 Å². The predicted octanol–water partition coefficient (Wildman–Crippen LogP) is 0.659. The van der Waals surface area contributed by atoms with Crippen molar-refractivity contribution in [2.75, 3.05) is 0 Å². The third kappa shape index (κ3) is 1.42. The second-order valence-electron chi connectivity index (χ2n) is 3.17. The molecule has 14 heavy (non-hydrogen) atoms. The molecule has 1 atom stereocenters. The molecule has 1 aromatic carbocycles. The van der Waals surface area contributed by atoms with Crippen molar-refractivity contribution >= 4 is 17.5 Å². The Bertz CT molecular complexity index is 406. The van der Waals surface area contributed by atoms with E-state index in [1.165, 1.54) is 6.07 Å². The molecule has 5 heteroatoms. The fourth-order valence-corrected chi connectivity index (χ4v) is 1.77. The summed E-state index contributed by atoms with van der Waals surface area (Å²) in [7, 11) is 0. The predicted molar refractivity (Wildman–Crippen MR) is 52.3 cm³/mol. The third-order valence-corrected chi connectivity index (χ3v) is 2.30. The minimum atomic E-state index is -0.558. The summed E-state index contributed by atoms with van der Waals surface area (Å²) in [6, 6.07) is 3.22. The van der Waals surface area contributed by atoms with E-state index in [1.54, 1.807) is 6.07 Å². The molecule has 2 rings (SSSR count). The number of ether oxygens (including phenoxy) is 1. The van der Waals surface area contributed by atoms with Gasteiger partial charge >= 0.3 is 0 Å². The van der Waals surface area contributed by atoms with Gasteiger partial charge in [0.25, 0.3) is 5.91 Å². The number of hydrogen-bond acceptors (Lipinski definition) is 3. The molecule has 1 unspecified atom stereocenters. The Hall–Kier alpha value is -1.26. The summed E-state index contributed by atoms with van der Waals surface area (Å²) in [5, 5.41) is 0.468. The molecule has 1 aromatic rings. The van der Waals surface area contributed by atoms with Gasteiger partial charge in [-0.1, -0.05) is 11.6 Å². The van der Waals surface area contributed by atoms with E-state index in [9.17, 15) is 4.79 Å². The fraction of sp³-hybridized carbons (Fsp3) is 0.222. The number of benzene rings is 1. The van der Waals surface area contributed by atoms with Crippen LogP contribution in [0.25, 0.3) is 0 Å². The second-order valence-corrected chi connectivity index (χ2v) is 3.60. The first-order chi connectivity index (χ1) is 6.58. The molecular weight excluding hydrogens is 204 g/mol. The molecule has 0 fully saturated rings. The van der Waals surface area contributed by atoms with Crippen LogP contribution in [0.2, 0.25) is 5.02 Å². The van der Waals surface area contributed by atoms with Gasteiger partial charge in [-0.25, -0.2) is 0 Å². The molecule has 0 radical (unpaired) electrons. The maximum absolute atomic E-state index is 11.1. The van der Waals surface area contributed by atoms with Crippen LogP contribution in [0.4, 0.5) is 0 Å². The number of carbonyl (C=O) groups excluding carboxylic acids is 1. The number of primary amides is 1. The van der Waals surface area contributed by atoms with Gasteiger partial charge in [-0.15, -0.1) is 0 Å². The zero-order valence-corrected chi connectivity index (χ0v) is 8.04. The summed E-state index contributed by atoms with van der Waals surface area (Å²) in [4.78, 5) is 11.1. The van der Waals surface area contributed by atoms with Crippen molar-refractivity contribution in [3.05, 3.63) is 28.3 Å². The SMILES string of the molecule is NC(=O)c1cc(Cl)cc2c1OC(N)C2. The van der Waals surface area contributed by atoms with Crippen LogP contribution in [0, 0.1) is 0 Å². The lowest BCUT2D eigenvalue weighted by atomic mass is 10.1. The molecule has 1 aliphatic rings. The van der Waals surface area contributed by atoms with Crippen molar-refractivity contribution in [1.29, 1.82) is 0 Å². The van der Waals surface area contributed by atoms with Gasteiger partial charge in [-0.2, -0.15) is 0 Å². The van der Waals surface area contributed by atoms with E-state index >= 15 is 0 Å². The van der Waals surface area contributed by atoms with Crippen LogP contribution in [0.5, 0.6) is 5.75 Å². The number of halogens is 1. The molecule has 0 bridgehead atoms. The smallest absolute Gasteiger partial charge is 0.252 e. The minimum Gasteiger partial charge on any atom is -0.474 e. The highest BCUT2D eigenvalue weighted by atomic mass is 35.5. The number of carbonyl (C=O) groups is 1. The van der Waals surface area contributed by atoms with Gasteiger partial charge < -0.3 is 10.5 Å². The highest BCUT2D eigenvalue weighted by Gasteiger charge is 2.25. The monoisotopic (exact) mass is 212 g/mol. The standard InChI is InChI=1S/C9H9ClN2O2/c10-5-1-4-2-7(11)14-8(4)6(3-5)9(12)13/h1,3,7H,2,11H2,(H2,12,13). The van der Waals surface area contributed by atoms with Gasteiger partial charge in [0, 0.05) is 17.0 Å².